The van der Waals surface area contributed by atoms with Gasteiger partial charge in [0.2, 0.25) is 0 Å². The zero-order valence-electron chi connectivity index (χ0n) is 30.6. The first-order valence-electron chi connectivity index (χ1n) is 17.0. The number of rotatable bonds is 2. The van der Waals surface area contributed by atoms with Gasteiger partial charge in [0.15, 0.2) is 0 Å². The van der Waals surface area contributed by atoms with E-state index in [4.69, 9.17) is 0 Å². The van der Waals surface area contributed by atoms with Crippen LogP contribution >= 0.6 is 0 Å². The van der Waals surface area contributed by atoms with Crippen molar-refractivity contribution in [2.24, 2.45) is 0 Å². The van der Waals surface area contributed by atoms with E-state index in [1.54, 1.807) is 0 Å². The van der Waals surface area contributed by atoms with Crippen LogP contribution in [0.1, 0.15) is 92.5 Å². The molecule has 3 aliphatic rings. The van der Waals surface area contributed by atoms with Crippen molar-refractivity contribution in [2.75, 3.05) is 0 Å². The zero-order valence-corrected chi connectivity index (χ0v) is 34.6. The molecule has 0 atom stereocenters. The second-order valence-electron chi connectivity index (χ2n) is 14.7. The van der Waals surface area contributed by atoms with Crippen LogP contribution in [0.15, 0.2) is 109 Å². The molecule has 0 aromatic heterocycles. The summed E-state index contributed by atoms with van der Waals surface area (Å²) in [5.41, 5.74) is 7.79. The van der Waals surface area contributed by atoms with E-state index in [1.807, 2.05) is 12.2 Å². The van der Waals surface area contributed by atoms with E-state index in [2.05, 4.69) is 96.2 Å². The van der Waals surface area contributed by atoms with Crippen molar-refractivity contribution in [1.82, 2.24) is 0 Å². The molecule has 0 unspecified atom stereocenters. The van der Waals surface area contributed by atoms with E-state index >= 15 is 0 Å². The second kappa shape index (κ2) is 16.0. The molecule has 0 bridgehead atoms. The maximum Gasteiger partial charge on any atom is -0.109 e. The molecule has 0 saturated carbocycles. The number of benzene rings is 4. The van der Waals surface area contributed by atoms with Crippen molar-refractivity contribution in [3.63, 3.8) is 0 Å². The van der Waals surface area contributed by atoms with Crippen LogP contribution in [0, 0.1) is 6.08 Å². The Morgan fingerprint density at radius 2 is 1.09 bits per heavy atom. The average Bonchev–Trinajstić information content (AvgIpc) is 3.85. The second-order valence-corrected chi connectivity index (χ2v) is 16.0. The summed E-state index contributed by atoms with van der Waals surface area (Å²) in [6.07, 6.45) is 5.85. The monoisotopic (exact) mass is 852 g/mol. The molecule has 0 spiro atoms. The van der Waals surface area contributed by atoms with Crippen molar-refractivity contribution in [3.8, 4) is 0 Å². The van der Waals surface area contributed by atoms with Crippen LogP contribution in [0.3, 0.4) is 0 Å². The summed E-state index contributed by atoms with van der Waals surface area (Å²) in [6, 6.07) is 21.3. The molecule has 0 heterocycles. The molecule has 0 saturated heterocycles. The fourth-order valence-electron chi connectivity index (χ4n) is 7.43. The summed E-state index contributed by atoms with van der Waals surface area (Å²) in [5.74, 6) is 0. The first-order valence-corrected chi connectivity index (χ1v) is 18.3. The molecule has 8 rings (SSSR count). The van der Waals surface area contributed by atoms with Gasteiger partial charge in [-0.05, 0) is 36.1 Å². The Balaban J connectivity index is 0.000000208. The summed E-state index contributed by atoms with van der Waals surface area (Å²) >= 11 is 0.729. The molecular formula is C45H38Cl2F6Zr-2. The van der Waals surface area contributed by atoms with Crippen LogP contribution in [0.5, 0.6) is 0 Å². The minimum Gasteiger partial charge on any atom is -1.00 e. The molecule has 5 aromatic rings. The molecule has 9 heteroatoms. The molecule has 54 heavy (non-hydrogen) atoms. The third-order valence-corrected chi connectivity index (χ3v) is 11.3. The normalized spacial score (nSPS) is 15.9. The Hall–Kier alpha value is -3.38. The Morgan fingerprint density at radius 3 is 1.43 bits per heavy atom. The predicted molar refractivity (Wildman–Crippen MR) is 198 cm³/mol. The van der Waals surface area contributed by atoms with Gasteiger partial charge >= 0.3 is 137 Å². The number of alkyl halides is 6. The molecule has 0 radical (unpaired) electrons. The van der Waals surface area contributed by atoms with Gasteiger partial charge in [0, 0.05) is 10.8 Å². The van der Waals surface area contributed by atoms with Gasteiger partial charge in [-0.15, -0.1) is 46.2 Å². The molecular weight excluding hydrogens is 817 g/mol. The van der Waals surface area contributed by atoms with Crippen molar-refractivity contribution >= 4 is 35.9 Å². The molecule has 5 aromatic carbocycles. The average molecular weight is 855 g/mol. The number of allylic oxidation sites excluding steroid dienone is 8. The summed E-state index contributed by atoms with van der Waals surface area (Å²) in [7, 11) is 0. The number of hydrogen-bond donors (Lipinski definition) is 0. The molecule has 0 amide bonds. The van der Waals surface area contributed by atoms with Crippen LogP contribution in [0.25, 0.3) is 32.7 Å². The van der Waals surface area contributed by atoms with Gasteiger partial charge in [0.1, 0.15) is 0 Å². The zero-order chi connectivity index (χ0) is 37.8. The third-order valence-electron chi connectivity index (χ3n) is 9.92. The minimum atomic E-state index is -4.49. The quantitative estimate of drug-likeness (QED) is 0.130. The van der Waals surface area contributed by atoms with Crippen LogP contribution in [0.2, 0.25) is 0 Å². The fourth-order valence-corrected chi connectivity index (χ4v) is 8.19. The Bertz CT molecular complexity index is 2190. The number of hydrogen-bond acceptors (Lipinski definition) is 0. The standard InChI is InChI=1S/C25H25.C15H8F6.C5H5.2ClH.Zr/c1-14-12-24(3,4)22-8-16-7-17-9-23-19(15(2)13-25(23,5)6)11-21(17)20(16)10-18(14)22;16-14(17,18)12-5-1-3-10(8-12)7-11-4-2-6-13(9-11)15(19,20)21;1-2-4-5-3-1;;;/h7-13H,1-6H3;1-6,8-9H;1-3H,4H2;2*1H;/q-1;;-1;;;+2/p-2. The smallest absolute Gasteiger partial charge is 0.109 e. The summed E-state index contributed by atoms with van der Waals surface area (Å²) < 4.78 is 76.7. The molecule has 0 fully saturated rings. The van der Waals surface area contributed by atoms with Crippen LogP contribution in [0.4, 0.5) is 26.3 Å². The summed E-state index contributed by atoms with van der Waals surface area (Å²) in [5, 5.41) is 5.57. The minimum absolute atomic E-state index is 0. The van der Waals surface area contributed by atoms with E-state index in [0.29, 0.717) is 3.21 Å². The van der Waals surface area contributed by atoms with Gasteiger partial charge < -0.3 is 24.8 Å². The number of fused-ring (bicyclic) bond motifs is 5. The summed E-state index contributed by atoms with van der Waals surface area (Å²) in [4.78, 5) is 0. The SMILES string of the molecule is CC1=CC(C)(C)c2cc3[cH-]c4cc5c(cc4c3cc21)C(C)=CC5(C)C.FC(F)(F)c1cccc([C](=[Zr+2])c2cccc(C(F)(F)F)c2)c1.[C-]1=CC=CC1.[Cl-].[Cl-]. The first-order chi connectivity index (χ1) is 24.3. The van der Waals surface area contributed by atoms with Gasteiger partial charge in [-0.3, -0.25) is 6.08 Å². The van der Waals surface area contributed by atoms with Crippen molar-refractivity contribution in [3.05, 3.63) is 160 Å². The molecule has 0 nitrogen and oxygen atoms in total. The van der Waals surface area contributed by atoms with Crippen molar-refractivity contribution in [2.45, 2.75) is 71.1 Å². The molecule has 0 N–H and O–H groups in total. The van der Waals surface area contributed by atoms with E-state index in [1.165, 1.54) is 79.2 Å². The van der Waals surface area contributed by atoms with E-state index < -0.39 is 23.5 Å². The van der Waals surface area contributed by atoms with Crippen molar-refractivity contribution in [1.29, 1.82) is 0 Å². The maximum absolute atomic E-state index is 12.7. The van der Waals surface area contributed by atoms with E-state index in [9.17, 15) is 26.3 Å². The van der Waals surface area contributed by atoms with E-state index in [-0.39, 0.29) is 46.8 Å². The maximum atomic E-state index is 12.7. The van der Waals surface area contributed by atoms with Crippen LogP contribution in [-0.4, -0.2) is 3.21 Å². The fraction of sp³-hybridized carbons (Fsp3) is 0.244. The van der Waals surface area contributed by atoms with E-state index in [0.717, 1.165) is 54.9 Å². The topological polar surface area (TPSA) is 0 Å². The van der Waals surface area contributed by atoms with Gasteiger partial charge in [-0.2, -0.15) is 6.08 Å². The Morgan fingerprint density at radius 1 is 0.667 bits per heavy atom. The molecule has 0 aliphatic heterocycles. The number of halogens is 8. The molecule has 280 valence electrons. The Kier molecular flexibility index (Phi) is 12.8. The predicted octanol–water partition coefficient (Wildman–Crippen LogP) is 7.25. The first kappa shape index (κ1) is 43.4. The van der Waals surface area contributed by atoms with Gasteiger partial charge in [0.05, 0.1) is 0 Å². The van der Waals surface area contributed by atoms with Gasteiger partial charge in [-0.1, -0.05) is 63.1 Å². The van der Waals surface area contributed by atoms with Crippen LogP contribution < -0.4 is 24.8 Å². The third kappa shape index (κ3) is 8.85. The van der Waals surface area contributed by atoms with Crippen LogP contribution in [-0.2, 0) is 47.4 Å². The van der Waals surface area contributed by atoms with Gasteiger partial charge in [0.25, 0.3) is 0 Å². The van der Waals surface area contributed by atoms with Crippen molar-refractivity contribution < 1.29 is 75.4 Å². The summed E-state index contributed by atoms with van der Waals surface area (Å²) in [6.45, 7) is 13.8. The Labute approximate surface area is 340 Å². The largest absolute Gasteiger partial charge is 1.00 e. The van der Waals surface area contributed by atoms with Gasteiger partial charge in [-0.25, -0.2) is 12.2 Å². The molecule has 3 aliphatic carbocycles.